The first kappa shape index (κ1) is 15.4. The summed E-state index contributed by atoms with van der Waals surface area (Å²) >= 11 is 0. The molecule has 0 radical (unpaired) electrons. The topological polar surface area (TPSA) is 89.6 Å². The minimum atomic E-state index is -1.17. The third-order valence-electron chi connectivity index (χ3n) is 2.37. The number of carboxylic acid groups (broad SMARTS) is 1. The van der Waals surface area contributed by atoms with Crippen LogP contribution in [-0.4, -0.2) is 24.2 Å². The minimum absolute atomic E-state index is 0. The number of hydrogen-bond acceptors (Lipinski definition) is 4. The number of halogens is 1. The van der Waals surface area contributed by atoms with Gasteiger partial charge in [0, 0.05) is 6.54 Å². The Morgan fingerprint density at radius 3 is 2.41 bits per heavy atom. The summed E-state index contributed by atoms with van der Waals surface area (Å²) in [6, 6.07) is 3.00. The van der Waals surface area contributed by atoms with Crippen molar-refractivity contribution in [1.29, 1.82) is 0 Å². The van der Waals surface area contributed by atoms with Crippen LogP contribution in [0.4, 0.5) is 0 Å². The summed E-state index contributed by atoms with van der Waals surface area (Å²) in [6.45, 7) is 1.86. The Labute approximate surface area is 105 Å². The zero-order valence-corrected chi connectivity index (χ0v) is 10.3. The molecule has 0 aromatic heterocycles. The lowest BCUT2D eigenvalue weighted by Gasteiger charge is -2.11. The SMILES string of the molecule is COC(=O)c1c(C(=O)O)ccc(C)c1CN.Cl. The second-order valence-electron chi connectivity index (χ2n) is 3.28. The number of aryl methyl sites for hydroxylation is 1. The first-order valence-electron chi connectivity index (χ1n) is 4.67. The van der Waals surface area contributed by atoms with E-state index in [0.29, 0.717) is 5.56 Å². The van der Waals surface area contributed by atoms with E-state index in [1.165, 1.54) is 13.2 Å². The van der Waals surface area contributed by atoms with E-state index in [4.69, 9.17) is 10.8 Å². The van der Waals surface area contributed by atoms with Gasteiger partial charge in [0.1, 0.15) is 0 Å². The van der Waals surface area contributed by atoms with Gasteiger partial charge in [0.25, 0.3) is 0 Å². The van der Waals surface area contributed by atoms with Gasteiger partial charge in [0.2, 0.25) is 0 Å². The molecule has 5 nitrogen and oxygen atoms in total. The molecule has 17 heavy (non-hydrogen) atoms. The van der Waals surface area contributed by atoms with Crippen LogP contribution in [0, 0.1) is 6.92 Å². The summed E-state index contributed by atoms with van der Waals surface area (Å²) in [6.07, 6.45) is 0. The predicted molar refractivity (Wildman–Crippen MR) is 64.6 cm³/mol. The van der Waals surface area contributed by atoms with E-state index in [-0.39, 0.29) is 30.1 Å². The van der Waals surface area contributed by atoms with Gasteiger partial charge < -0.3 is 15.6 Å². The summed E-state index contributed by atoms with van der Waals surface area (Å²) in [5, 5.41) is 8.97. The number of carbonyl (C=O) groups is 2. The number of rotatable bonds is 3. The normalized spacial score (nSPS) is 9.35. The van der Waals surface area contributed by atoms with Crippen LogP contribution in [0.3, 0.4) is 0 Å². The summed E-state index contributed by atoms with van der Waals surface area (Å²) in [7, 11) is 1.20. The highest BCUT2D eigenvalue weighted by Crippen LogP contribution is 2.20. The molecule has 0 aliphatic rings. The summed E-state index contributed by atoms with van der Waals surface area (Å²) in [4.78, 5) is 22.5. The number of carbonyl (C=O) groups excluding carboxylic acids is 1. The van der Waals surface area contributed by atoms with Crippen molar-refractivity contribution in [3.05, 3.63) is 34.4 Å². The first-order valence-corrected chi connectivity index (χ1v) is 4.67. The molecule has 0 bridgehead atoms. The van der Waals surface area contributed by atoms with Crippen molar-refractivity contribution < 1.29 is 19.4 Å². The third-order valence-corrected chi connectivity index (χ3v) is 2.37. The molecule has 0 aliphatic heterocycles. The largest absolute Gasteiger partial charge is 0.478 e. The molecule has 0 fully saturated rings. The molecule has 1 aromatic rings. The predicted octanol–water partition coefficient (Wildman–Crippen LogP) is 1.36. The Morgan fingerprint density at radius 2 is 2.00 bits per heavy atom. The Morgan fingerprint density at radius 1 is 1.41 bits per heavy atom. The van der Waals surface area contributed by atoms with Crippen LogP contribution in [0.25, 0.3) is 0 Å². The van der Waals surface area contributed by atoms with Gasteiger partial charge in [-0.3, -0.25) is 0 Å². The van der Waals surface area contributed by atoms with E-state index in [1.54, 1.807) is 13.0 Å². The number of aromatic carboxylic acids is 1. The number of esters is 1. The van der Waals surface area contributed by atoms with E-state index in [1.807, 2.05) is 0 Å². The molecule has 0 heterocycles. The number of hydrogen-bond donors (Lipinski definition) is 2. The molecule has 0 saturated heterocycles. The fraction of sp³-hybridized carbons (Fsp3) is 0.273. The Kier molecular flexibility index (Phi) is 5.64. The van der Waals surface area contributed by atoms with Gasteiger partial charge in [-0.1, -0.05) is 6.07 Å². The molecule has 0 saturated carbocycles. The maximum Gasteiger partial charge on any atom is 0.339 e. The van der Waals surface area contributed by atoms with Crippen molar-refractivity contribution >= 4 is 24.3 Å². The van der Waals surface area contributed by atoms with E-state index < -0.39 is 11.9 Å². The van der Waals surface area contributed by atoms with Crippen LogP contribution >= 0.6 is 12.4 Å². The van der Waals surface area contributed by atoms with Gasteiger partial charge in [-0.15, -0.1) is 12.4 Å². The van der Waals surface area contributed by atoms with Gasteiger partial charge in [0.15, 0.2) is 0 Å². The highest BCUT2D eigenvalue weighted by molar-refractivity contribution is 6.03. The monoisotopic (exact) mass is 259 g/mol. The molecule has 6 heteroatoms. The molecule has 0 spiro atoms. The highest BCUT2D eigenvalue weighted by atomic mass is 35.5. The Balaban J connectivity index is 0.00000256. The minimum Gasteiger partial charge on any atom is -0.478 e. The zero-order valence-electron chi connectivity index (χ0n) is 9.52. The van der Waals surface area contributed by atoms with E-state index in [9.17, 15) is 9.59 Å². The van der Waals surface area contributed by atoms with Crippen molar-refractivity contribution in [1.82, 2.24) is 0 Å². The van der Waals surface area contributed by atoms with Crippen molar-refractivity contribution in [2.75, 3.05) is 7.11 Å². The standard InChI is InChI=1S/C11H13NO4.ClH/c1-6-3-4-7(10(13)14)9(8(6)5-12)11(15)16-2;/h3-4H,5,12H2,1-2H3,(H,13,14);1H. The fourth-order valence-corrected chi connectivity index (χ4v) is 1.53. The van der Waals surface area contributed by atoms with Gasteiger partial charge in [-0.2, -0.15) is 0 Å². The van der Waals surface area contributed by atoms with Crippen LogP contribution in [-0.2, 0) is 11.3 Å². The van der Waals surface area contributed by atoms with Crippen molar-refractivity contribution in [3.63, 3.8) is 0 Å². The molecule has 1 rings (SSSR count). The third kappa shape index (κ3) is 2.95. The Bertz CT molecular complexity index is 445. The number of benzene rings is 1. The van der Waals surface area contributed by atoms with Gasteiger partial charge in [0.05, 0.1) is 18.2 Å². The summed E-state index contributed by atoms with van der Waals surface area (Å²) in [5.74, 6) is -1.85. The number of ether oxygens (including phenoxy) is 1. The lowest BCUT2D eigenvalue weighted by molar-refractivity contribution is 0.0581. The zero-order chi connectivity index (χ0) is 12.3. The maximum absolute atomic E-state index is 11.5. The molecular formula is C11H14ClNO4. The molecule has 3 N–H and O–H groups in total. The van der Waals surface area contributed by atoms with Crippen LogP contribution in [0.2, 0.25) is 0 Å². The number of carboxylic acids is 1. The van der Waals surface area contributed by atoms with Crippen LogP contribution in [0.1, 0.15) is 31.8 Å². The summed E-state index contributed by atoms with van der Waals surface area (Å²) in [5.41, 5.74) is 6.74. The molecule has 94 valence electrons. The van der Waals surface area contributed by atoms with Crippen LogP contribution < -0.4 is 5.73 Å². The van der Waals surface area contributed by atoms with E-state index in [0.717, 1.165) is 5.56 Å². The molecular weight excluding hydrogens is 246 g/mol. The molecule has 0 unspecified atom stereocenters. The number of nitrogens with two attached hydrogens (primary N) is 1. The smallest absolute Gasteiger partial charge is 0.339 e. The van der Waals surface area contributed by atoms with Gasteiger partial charge in [-0.05, 0) is 24.1 Å². The average molecular weight is 260 g/mol. The molecule has 1 aromatic carbocycles. The molecule has 0 amide bonds. The quantitative estimate of drug-likeness (QED) is 0.800. The Hall–Kier alpha value is -1.59. The van der Waals surface area contributed by atoms with Crippen molar-refractivity contribution in [2.45, 2.75) is 13.5 Å². The van der Waals surface area contributed by atoms with Crippen LogP contribution in [0.5, 0.6) is 0 Å². The first-order chi connectivity index (χ1) is 7.52. The summed E-state index contributed by atoms with van der Waals surface area (Å²) < 4.78 is 4.57. The van der Waals surface area contributed by atoms with Crippen molar-refractivity contribution in [2.24, 2.45) is 5.73 Å². The maximum atomic E-state index is 11.5. The van der Waals surface area contributed by atoms with E-state index >= 15 is 0 Å². The molecule has 0 atom stereocenters. The van der Waals surface area contributed by atoms with Crippen LogP contribution in [0.15, 0.2) is 12.1 Å². The lowest BCUT2D eigenvalue weighted by Crippen LogP contribution is -2.16. The highest BCUT2D eigenvalue weighted by Gasteiger charge is 2.21. The molecule has 0 aliphatic carbocycles. The lowest BCUT2D eigenvalue weighted by atomic mass is 9.96. The second-order valence-corrected chi connectivity index (χ2v) is 3.28. The second kappa shape index (κ2) is 6.22. The average Bonchev–Trinajstić information content (AvgIpc) is 2.27. The van der Waals surface area contributed by atoms with Gasteiger partial charge in [-0.25, -0.2) is 9.59 Å². The number of methoxy groups -OCH3 is 1. The van der Waals surface area contributed by atoms with Gasteiger partial charge >= 0.3 is 11.9 Å². The van der Waals surface area contributed by atoms with Crippen molar-refractivity contribution in [3.8, 4) is 0 Å². The fourth-order valence-electron chi connectivity index (χ4n) is 1.53. The van der Waals surface area contributed by atoms with E-state index in [2.05, 4.69) is 4.74 Å².